The fraction of sp³-hybridized carbons (Fsp3) is 0.214. The Kier molecular flexibility index (Phi) is 4.81. The lowest BCUT2D eigenvalue weighted by Gasteiger charge is -2.15. The molecule has 2 aromatic carbocycles. The molecule has 1 amide bonds. The molecular formula is C28H23N3O4. The normalized spacial score (nSPS) is 16.1. The van der Waals surface area contributed by atoms with Gasteiger partial charge in [0.05, 0.1) is 10.8 Å². The molecule has 0 spiro atoms. The zero-order valence-corrected chi connectivity index (χ0v) is 18.9. The number of carboxylic acid groups (broad SMARTS) is 1. The van der Waals surface area contributed by atoms with E-state index in [1.165, 1.54) is 0 Å². The molecule has 0 bridgehead atoms. The van der Waals surface area contributed by atoms with Crippen molar-refractivity contribution in [3.8, 4) is 16.8 Å². The number of fused-ring (bicyclic) bond motifs is 1. The number of rotatable bonds is 6. The van der Waals surface area contributed by atoms with E-state index in [0.29, 0.717) is 23.9 Å². The van der Waals surface area contributed by atoms with Crippen molar-refractivity contribution in [2.24, 2.45) is 0 Å². The van der Waals surface area contributed by atoms with Crippen molar-refractivity contribution in [1.29, 1.82) is 0 Å². The van der Waals surface area contributed by atoms with Gasteiger partial charge in [-0.05, 0) is 66.6 Å². The van der Waals surface area contributed by atoms with Crippen molar-refractivity contribution in [3.63, 3.8) is 0 Å². The Morgan fingerprint density at radius 1 is 1.00 bits per heavy atom. The Morgan fingerprint density at radius 3 is 2.46 bits per heavy atom. The number of nitrogens with one attached hydrogen (secondary N) is 1. The van der Waals surface area contributed by atoms with Gasteiger partial charge >= 0.3 is 5.97 Å². The molecule has 6 rings (SSSR count). The van der Waals surface area contributed by atoms with Gasteiger partial charge in [-0.25, -0.2) is 4.98 Å². The third-order valence-corrected chi connectivity index (χ3v) is 6.95. The molecule has 2 heterocycles. The maximum Gasteiger partial charge on any atom is 0.314 e. The quantitative estimate of drug-likeness (QED) is 0.447. The number of benzene rings is 2. The summed E-state index contributed by atoms with van der Waals surface area (Å²) in [6, 6.07) is 18.9. The van der Waals surface area contributed by atoms with Crippen molar-refractivity contribution < 1.29 is 14.7 Å². The molecule has 2 saturated carbocycles. The van der Waals surface area contributed by atoms with Crippen LogP contribution < -0.4 is 10.7 Å². The maximum absolute atomic E-state index is 13.1. The van der Waals surface area contributed by atoms with Crippen LogP contribution in [0.15, 0.2) is 77.9 Å². The minimum Gasteiger partial charge on any atom is -0.481 e. The van der Waals surface area contributed by atoms with Crippen LogP contribution in [0.3, 0.4) is 0 Å². The summed E-state index contributed by atoms with van der Waals surface area (Å²) in [6.07, 6.45) is 6.34. The van der Waals surface area contributed by atoms with E-state index in [-0.39, 0.29) is 22.9 Å². The number of carbonyl (C=O) groups is 2. The second-order valence-electron chi connectivity index (χ2n) is 9.38. The molecule has 0 saturated heterocycles. The first-order valence-corrected chi connectivity index (χ1v) is 11.7. The highest BCUT2D eigenvalue weighted by Gasteiger charge is 2.51. The first kappa shape index (κ1) is 21.3. The van der Waals surface area contributed by atoms with Crippen molar-refractivity contribution in [2.45, 2.75) is 37.1 Å². The van der Waals surface area contributed by atoms with E-state index < -0.39 is 11.4 Å². The van der Waals surface area contributed by atoms with E-state index in [1.54, 1.807) is 29.1 Å². The number of amides is 1. The van der Waals surface area contributed by atoms with E-state index >= 15 is 0 Å². The van der Waals surface area contributed by atoms with Crippen molar-refractivity contribution >= 4 is 22.9 Å². The minimum absolute atomic E-state index is 0.0851. The van der Waals surface area contributed by atoms with E-state index in [4.69, 9.17) is 0 Å². The number of carboxylic acids is 1. The molecule has 0 unspecified atom stereocenters. The molecule has 2 aliphatic carbocycles. The number of pyridine rings is 2. The third kappa shape index (κ3) is 3.69. The predicted octanol–water partition coefficient (Wildman–Crippen LogP) is 4.06. The fourth-order valence-electron chi connectivity index (χ4n) is 4.59. The van der Waals surface area contributed by atoms with E-state index in [0.717, 1.165) is 35.2 Å². The summed E-state index contributed by atoms with van der Waals surface area (Å²) in [7, 11) is 0. The molecule has 7 nitrogen and oxygen atoms in total. The second-order valence-corrected chi connectivity index (χ2v) is 9.38. The van der Waals surface area contributed by atoms with Crippen LogP contribution in [-0.4, -0.2) is 32.6 Å². The topological polar surface area (TPSA) is 101 Å². The van der Waals surface area contributed by atoms with Crippen LogP contribution >= 0.6 is 0 Å². The van der Waals surface area contributed by atoms with Gasteiger partial charge < -0.3 is 15.0 Å². The number of hydrogen-bond donors (Lipinski definition) is 2. The lowest BCUT2D eigenvalue weighted by molar-refractivity contribution is -0.140. The van der Waals surface area contributed by atoms with Crippen LogP contribution in [-0.2, 0) is 10.2 Å². The van der Waals surface area contributed by atoms with E-state index in [2.05, 4.69) is 10.3 Å². The highest BCUT2D eigenvalue weighted by molar-refractivity contribution is 5.97. The number of aliphatic carboxylic acids is 1. The maximum atomic E-state index is 13.1. The average molecular weight is 466 g/mol. The Morgan fingerprint density at radius 2 is 1.74 bits per heavy atom. The third-order valence-electron chi connectivity index (χ3n) is 6.95. The van der Waals surface area contributed by atoms with E-state index in [1.807, 2.05) is 48.5 Å². The zero-order chi connectivity index (χ0) is 24.2. The number of hydrogen-bond acceptors (Lipinski definition) is 4. The SMILES string of the molecule is O=C(NC1CC1)c1cn(-c2cccc(-c3cccc(C4(C(=O)O)CC4)c3)c2)c2ncccc2c1=O. The highest BCUT2D eigenvalue weighted by atomic mass is 16.4. The molecule has 0 radical (unpaired) electrons. The lowest BCUT2D eigenvalue weighted by atomic mass is 9.92. The predicted molar refractivity (Wildman–Crippen MR) is 132 cm³/mol. The van der Waals surface area contributed by atoms with E-state index in [9.17, 15) is 19.5 Å². The Balaban J connectivity index is 1.46. The van der Waals surface area contributed by atoms with Crippen LogP contribution in [0.1, 0.15) is 41.6 Å². The molecule has 35 heavy (non-hydrogen) atoms. The fourth-order valence-corrected chi connectivity index (χ4v) is 4.59. The first-order valence-electron chi connectivity index (χ1n) is 11.7. The molecule has 2 aromatic heterocycles. The molecule has 2 fully saturated rings. The summed E-state index contributed by atoms with van der Waals surface area (Å²) in [5.41, 5.74) is 2.79. The van der Waals surface area contributed by atoms with Gasteiger partial charge in [0.2, 0.25) is 5.43 Å². The van der Waals surface area contributed by atoms with Crippen LogP contribution in [0.25, 0.3) is 27.8 Å². The molecule has 7 heteroatoms. The zero-order valence-electron chi connectivity index (χ0n) is 18.9. The molecular weight excluding hydrogens is 442 g/mol. The summed E-state index contributed by atoms with van der Waals surface area (Å²) >= 11 is 0. The minimum atomic E-state index is -0.786. The Labute approximate surface area is 201 Å². The van der Waals surface area contributed by atoms with Gasteiger partial charge in [-0.15, -0.1) is 0 Å². The van der Waals surface area contributed by atoms with Crippen molar-refractivity contribution in [1.82, 2.24) is 14.9 Å². The van der Waals surface area contributed by atoms with Crippen LogP contribution in [0.5, 0.6) is 0 Å². The van der Waals surface area contributed by atoms with Gasteiger partial charge in [0.1, 0.15) is 11.2 Å². The largest absolute Gasteiger partial charge is 0.481 e. The smallest absolute Gasteiger partial charge is 0.314 e. The van der Waals surface area contributed by atoms with Gasteiger partial charge in [-0.2, -0.15) is 0 Å². The summed E-state index contributed by atoms with van der Waals surface area (Å²) in [6.45, 7) is 0. The Hall–Kier alpha value is -4.26. The highest BCUT2D eigenvalue weighted by Crippen LogP contribution is 2.49. The Bertz CT molecular complexity index is 1560. The van der Waals surface area contributed by atoms with Gasteiger partial charge in [-0.1, -0.05) is 36.4 Å². The van der Waals surface area contributed by atoms with Crippen LogP contribution in [0, 0.1) is 0 Å². The number of carbonyl (C=O) groups excluding carboxylic acids is 1. The van der Waals surface area contributed by atoms with Crippen LogP contribution in [0.2, 0.25) is 0 Å². The molecule has 174 valence electrons. The molecule has 4 aromatic rings. The van der Waals surface area contributed by atoms with Gasteiger partial charge in [0, 0.05) is 24.1 Å². The van der Waals surface area contributed by atoms with Crippen molar-refractivity contribution in [2.75, 3.05) is 0 Å². The summed E-state index contributed by atoms with van der Waals surface area (Å²) in [4.78, 5) is 42.2. The lowest BCUT2D eigenvalue weighted by Crippen LogP contribution is -2.31. The molecule has 2 N–H and O–H groups in total. The number of aromatic nitrogens is 2. The van der Waals surface area contributed by atoms with Gasteiger partial charge in [0.25, 0.3) is 5.91 Å². The van der Waals surface area contributed by atoms with Crippen molar-refractivity contribution in [3.05, 3.63) is 94.4 Å². The first-order chi connectivity index (χ1) is 17.0. The van der Waals surface area contributed by atoms with Crippen LogP contribution in [0.4, 0.5) is 0 Å². The van der Waals surface area contributed by atoms with Gasteiger partial charge in [-0.3, -0.25) is 14.4 Å². The molecule has 0 aliphatic heterocycles. The summed E-state index contributed by atoms with van der Waals surface area (Å²) in [5, 5.41) is 13.0. The standard InChI is InChI=1S/C28H23N3O4/c32-24-22-8-3-13-29-25(22)31(16-23(24)26(33)30-20-9-10-20)21-7-2-5-18(15-21)17-4-1-6-19(14-17)28(11-12-28)27(34)35/h1-8,13-16,20H,9-12H2,(H,30,33)(H,34,35). The summed E-state index contributed by atoms with van der Waals surface area (Å²) in [5.74, 6) is -1.16. The molecule has 0 atom stereocenters. The average Bonchev–Trinajstić information content (AvgIpc) is 3.80. The monoisotopic (exact) mass is 465 g/mol. The van der Waals surface area contributed by atoms with Gasteiger partial charge in [0.15, 0.2) is 0 Å². The molecule has 2 aliphatic rings. The second kappa shape index (κ2) is 7.91. The number of nitrogens with zero attached hydrogens (tertiary/aromatic N) is 2. The summed E-state index contributed by atoms with van der Waals surface area (Å²) < 4.78 is 1.77.